The van der Waals surface area contributed by atoms with E-state index in [0.29, 0.717) is 17.8 Å². The molecule has 0 radical (unpaired) electrons. The quantitative estimate of drug-likeness (QED) is 0.220. The Morgan fingerprint density at radius 2 is 1.95 bits per heavy atom. The van der Waals surface area contributed by atoms with Crippen molar-refractivity contribution in [3.05, 3.63) is 76.8 Å². The van der Waals surface area contributed by atoms with Gasteiger partial charge < -0.3 is 19.6 Å². The van der Waals surface area contributed by atoms with E-state index in [4.69, 9.17) is 9.26 Å². The lowest BCUT2D eigenvalue weighted by molar-refractivity contribution is -0.137. The highest BCUT2D eigenvalue weighted by Crippen LogP contribution is 2.40. The molecule has 14 heteroatoms. The second-order valence-electron chi connectivity index (χ2n) is 10.1. The van der Waals surface area contributed by atoms with Crippen LogP contribution in [0.2, 0.25) is 0 Å². The fourth-order valence-electron chi connectivity index (χ4n) is 4.56. The number of benzene rings is 2. The van der Waals surface area contributed by atoms with Gasteiger partial charge in [0, 0.05) is 17.7 Å². The minimum Gasteiger partial charge on any atom is -0.494 e. The molecule has 4 aromatic rings. The standard InChI is InChI=1S/C29H27F5N6O3/c1-4-10-42-16-8-9-17(19(11-16)29(32,33)34)21-12-24(43-39-21)26(28(41)36-15(2)3)40-14-23-22(13-35-40)37-27(38-23)18-6-5-7-20(30)25(18)31/h5-9,11-13,15,26H,4,10,14H2,1-3H3,(H,36,41)(H,37,38). The molecular formula is C29H27F5N6O3. The molecular weight excluding hydrogens is 575 g/mol. The predicted octanol–water partition coefficient (Wildman–Crippen LogP) is 6.23. The van der Waals surface area contributed by atoms with Crippen molar-refractivity contribution in [1.82, 2.24) is 25.5 Å². The number of carbonyl (C=O) groups is 1. The Morgan fingerprint density at radius 1 is 1.16 bits per heavy atom. The Hall–Kier alpha value is -4.75. The summed E-state index contributed by atoms with van der Waals surface area (Å²) >= 11 is 0. The van der Waals surface area contributed by atoms with Crippen LogP contribution in [0.4, 0.5) is 22.0 Å². The number of alkyl halides is 3. The summed E-state index contributed by atoms with van der Waals surface area (Å²) in [6, 6.07) is 6.97. The molecule has 0 bridgehead atoms. The van der Waals surface area contributed by atoms with Gasteiger partial charge in [0.1, 0.15) is 23.0 Å². The lowest BCUT2D eigenvalue weighted by Crippen LogP contribution is -2.41. The van der Waals surface area contributed by atoms with Gasteiger partial charge in [-0.05, 0) is 50.6 Å². The summed E-state index contributed by atoms with van der Waals surface area (Å²) < 4.78 is 81.1. The number of amides is 1. The summed E-state index contributed by atoms with van der Waals surface area (Å²) in [6.45, 7) is 5.53. The number of aromatic amines is 1. The number of rotatable bonds is 9. The Kier molecular flexibility index (Phi) is 8.20. The first-order valence-corrected chi connectivity index (χ1v) is 13.4. The molecule has 9 nitrogen and oxygen atoms in total. The Balaban J connectivity index is 1.48. The molecule has 1 atom stereocenters. The van der Waals surface area contributed by atoms with E-state index in [1.807, 2.05) is 6.92 Å². The second-order valence-corrected chi connectivity index (χ2v) is 10.1. The number of nitrogens with zero attached hydrogens (tertiary/aromatic N) is 4. The summed E-state index contributed by atoms with van der Waals surface area (Å²) in [7, 11) is 0. The maximum atomic E-state index is 14.4. The van der Waals surface area contributed by atoms with Crippen LogP contribution in [0, 0.1) is 11.6 Å². The smallest absolute Gasteiger partial charge is 0.417 e. The Morgan fingerprint density at radius 3 is 2.67 bits per heavy atom. The molecule has 2 aromatic carbocycles. The number of nitrogens with one attached hydrogen (secondary N) is 2. The number of ether oxygens (including phenoxy) is 1. The maximum absolute atomic E-state index is 14.4. The molecule has 226 valence electrons. The first kappa shape index (κ1) is 29.7. The third-order valence-electron chi connectivity index (χ3n) is 6.49. The van der Waals surface area contributed by atoms with Gasteiger partial charge in [-0.2, -0.15) is 18.3 Å². The minimum absolute atomic E-state index is 0.0424. The van der Waals surface area contributed by atoms with Crippen LogP contribution < -0.4 is 10.1 Å². The van der Waals surface area contributed by atoms with Crippen molar-refractivity contribution in [3.8, 4) is 28.4 Å². The van der Waals surface area contributed by atoms with Crippen LogP contribution in [0.3, 0.4) is 0 Å². The highest BCUT2D eigenvalue weighted by molar-refractivity contribution is 5.85. The molecule has 1 unspecified atom stereocenters. The molecule has 0 fully saturated rings. The summed E-state index contributed by atoms with van der Waals surface area (Å²) in [5.74, 6) is -2.60. The van der Waals surface area contributed by atoms with Gasteiger partial charge in [0.25, 0.3) is 5.91 Å². The highest BCUT2D eigenvalue weighted by atomic mass is 19.4. The van der Waals surface area contributed by atoms with Crippen molar-refractivity contribution in [2.75, 3.05) is 6.61 Å². The number of hydrogen-bond acceptors (Lipinski definition) is 7. The molecule has 5 rings (SSSR count). The molecule has 2 aromatic heterocycles. The van der Waals surface area contributed by atoms with Gasteiger partial charge in [-0.1, -0.05) is 18.1 Å². The van der Waals surface area contributed by atoms with Gasteiger partial charge in [0.15, 0.2) is 23.4 Å². The van der Waals surface area contributed by atoms with E-state index < -0.39 is 35.3 Å². The third kappa shape index (κ3) is 6.22. The van der Waals surface area contributed by atoms with Crippen molar-refractivity contribution in [2.45, 2.75) is 52.0 Å². The van der Waals surface area contributed by atoms with E-state index in [0.717, 1.165) is 12.1 Å². The van der Waals surface area contributed by atoms with Crippen LogP contribution in [0.25, 0.3) is 22.6 Å². The van der Waals surface area contributed by atoms with Crippen LogP contribution >= 0.6 is 0 Å². The Labute approximate surface area is 242 Å². The van der Waals surface area contributed by atoms with Gasteiger partial charge in [0.05, 0.1) is 36.2 Å². The predicted molar refractivity (Wildman–Crippen MR) is 146 cm³/mol. The number of hydrazone groups is 1. The van der Waals surface area contributed by atoms with Crippen molar-refractivity contribution in [3.63, 3.8) is 0 Å². The van der Waals surface area contributed by atoms with Gasteiger partial charge in [-0.15, -0.1) is 0 Å². The Bertz CT molecular complexity index is 1660. The second kappa shape index (κ2) is 11.9. The fourth-order valence-corrected chi connectivity index (χ4v) is 4.56. The number of imidazole rings is 1. The molecule has 0 saturated carbocycles. The van der Waals surface area contributed by atoms with E-state index in [2.05, 4.69) is 25.5 Å². The van der Waals surface area contributed by atoms with Gasteiger partial charge in [0.2, 0.25) is 0 Å². The van der Waals surface area contributed by atoms with E-state index in [9.17, 15) is 26.7 Å². The van der Waals surface area contributed by atoms with E-state index in [-0.39, 0.29) is 53.3 Å². The zero-order chi connectivity index (χ0) is 30.9. The molecule has 1 amide bonds. The number of carbonyl (C=O) groups excluding carboxylic acids is 1. The summed E-state index contributed by atoms with van der Waals surface area (Å²) in [6.07, 6.45) is -2.77. The van der Waals surface area contributed by atoms with E-state index in [1.54, 1.807) is 13.8 Å². The van der Waals surface area contributed by atoms with Gasteiger partial charge in [-0.25, -0.2) is 13.8 Å². The zero-order valence-corrected chi connectivity index (χ0v) is 23.3. The number of aromatic nitrogens is 3. The largest absolute Gasteiger partial charge is 0.494 e. The summed E-state index contributed by atoms with van der Waals surface area (Å²) in [4.78, 5) is 20.6. The van der Waals surface area contributed by atoms with Crippen LogP contribution in [-0.2, 0) is 17.5 Å². The average Bonchev–Trinajstić information content (AvgIpc) is 3.60. The number of halogens is 5. The minimum atomic E-state index is -4.72. The van der Waals surface area contributed by atoms with Crippen molar-refractivity contribution >= 4 is 12.1 Å². The molecule has 2 N–H and O–H groups in total. The lowest BCUT2D eigenvalue weighted by atomic mass is 10.0. The van der Waals surface area contributed by atoms with Gasteiger partial charge >= 0.3 is 6.18 Å². The van der Waals surface area contributed by atoms with Crippen LogP contribution in [0.5, 0.6) is 5.75 Å². The maximum Gasteiger partial charge on any atom is 0.417 e. The third-order valence-corrected chi connectivity index (χ3v) is 6.49. The van der Waals surface area contributed by atoms with Crippen LogP contribution in [-0.4, -0.2) is 44.9 Å². The highest BCUT2D eigenvalue weighted by Gasteiger charge is 2.37. The van der Waals surface area contributed by atoms with Crippen LogP contribution in [0.15, 0.2) is 52.1 Å². The van der Waals surface area contributed by atoms with Crippen molar-refractivity contribution in [1.29, 1.82) is 0 Å². The molecule has 43 heavy (non-hydrogen) atoms. The molecule has 1 aliphatic heterocycles. The van der Waals surface area contributed by atoms with Crippen molar-refractivity contribution in [2.24, 2.45) is 5.10 Å². The summed E-state index contributed by atoms with van der Waals surface area (Å²) in [5, 5.41) is 12.3. The lowest BCUT2D eigenvalue weighted by Gasteiger charge is -2.28. The first-order chi connectivity index (χ1) is 20.5. The average molecular weight is 603 g/mol. The molecule has 0 aliphatic carbocycles. The van der Waals surface area contributed by atoms with E-state index in [1.165, 1.54) is 41.6 Å². The monoisotopic (exact) mass is 602 g/mol. The van der Waals surface area contributed by atoms with Gasteiger partial charge in [-0.3, -0.25) is 9.80 Å². The fraction of sp³-hybridized carbons (Fsp3) is 0.310. The van der Waals surface area contributed by atoms with Crippen LogP contribution in [0.1, 0.15) is 55.9 Å². The normalized spacial score (nSPS) is 13.7. The SMILES string of the molecule is CCCOc1ccc(-c2cc(C(C(=O)NC(C)C)N3Cc4[nH]c(-c5cccc(F)c5F)nc4C=N3)on2)c(C(F)(F)F)c1. The van der Waals surface area contributed by atoms with Crippen molar-refractivity contribution < 1.29 is 36.0 Å². The molecule has 0 saturated heterocycles. The zero-order valence-electron chi connectivity index (χ0n) is 23.3. The number of hydrogen-bond donors (Lipinski definition) is 2. The summed E-state index contributed by atoms with van der Waals surface area (Å²) in [5.41, 5.74) is -0.670. The van der Waals surface area contributed by atoms with E-state index >= 15 is 0 Å². The first-order valence-electron chi connectivity index (χ1n) is 13.4. The topological polar surface area (TPSA) is 109 Å². The number of H-pyrrole nitrogens is 1. The number of fused-ring (bicyclic) bond motifs is 1. The molecule has 1 aliphatic rings. The molecule has 3 heterocycles. The molecule has 0 spiro atoms.